The summed E-state index contributed by atoms with van der Waals surface area (Å²) in [5.74, 6) is -8.39. The third-order valence-electron chi connectivity index (χ3n) is 15.0. The Morgan fingerprint density at radius 3 is 1.25 bits per heavy atom. The molecular weight excluding hydrogens is 985 g/mol. The Hall–Kier alpha value is -8.44. The van der Waals surface area contributed by atoms with Gasteiger partial charge in [0.05, 0.1) is 34.5 Å². The van der Waals surface area contributed by atoms with Crippen LogP contribution >= 0.6 is 0 Å². The molecule has 0 unspecified atom stereocenters. The largest absolute Gasteiger partial charge is 0.461 e. The molecule has 4 heterocycles. The Morgan fingerprint density at radius 2 is 0.908 bits per heavy atom. The van der Waals surface area contributed by atoms with Gasteiger partial charge in [-0.25, -0.2) is 19.6 Å². The molecule has 24 nitrogen and oxygen atoms in total. The van der Waals surface area contributed by atoms with Crippen molar-refractivity contribution in [2.45, 2.75) is 113 Å². The lowest BCUT2D eigenvalue weighted by Gasteiger charge is -2.48. The first-order chi connectivity index (χ1) is 36.3. The Labute approximate surface area is 436 Å². The van der Waals surface area contributed by atoms with Crippen molar-refractivity contribution in [2.75, 3.05) is 41.4 Å². The average Bonchev–Trinajstić information content (AvgIpc) is 3.40. The zero-order valence-corrected chi connectivity index (χ0v) is 42.9. The number of para-hydroxylation sites is 4. The lowest BCUT2D eigenvalue weighted by molar-refractivity contribution is -0.173. The summed E-state index contributed by atoms with van der Waals surface area (Å²) in [6, 6.07) is 4.89. The van der Waals surface area contributed by atoms with Crippen LogP contribution in [0.4, 0.5) is 0 Å². The molecule has 2 spiro atoms. The molecule has 8 rings (SSSR count). The van der Waals surface area contributed by atoms with E-state index in [-0.39, 0.29) is 49.9 Å². The summed E-state index contributed by atoms with van der Waals surface area (Å²) < 4.78 is 11.6. The summed E-state index contributed by atoms with van der Waals surface area (Å²) in [5.41, 5.74) is -1.72. The van der Waals surface area contributed by atoms with Crippen LogP contribution in [0.3, 0.4) is 0 Å². The fraction of sp³-hybridized carbons (Fsp3) is 0.462. The van der Waals surface area contributed by atoms with Crippen molar-refractivity contribution in [2.24, 2.45) is 0 Å². The molecule has 2 saturated carbocycles. The highest BCUT2D eigenvalue weighted by molar-refractivity contribution is 6.01. The molecule has 4 aliphatic rings. The third-order valence-corrected chi connectivity index (χ3v) is 15.0. The van der Waals surface area contributed by atoms with Gasteiger partial charge in [-0.3, -0.25) is 48.3 Å². The Kier molecular flexibility index (Phi) is 15.7. The maximum atomic E-state index is 14.9. The number of benzene rings is 2. The maximum absolute atomic E-state index is 14.9. The number of carbonyl (C=O) groups excluding carboxylic acids is 10. The van der Waals surface area contributed by atoms with E-state index in [1.165, 1.54) is 64.2 Å². The predicted octanol–water partition coefficient (Wildman–Crippen LogP) is 0.346. The highest BCUT2D eigenvalue weighted by atomic mass is 16.5. The van der Waals surface area contributed by atoms with E-state index in [0.29, 0.717) is 34.9 Å². The van der Waals surface area contributed by atoms with Crippen molar-refractivity contribution in [3.63, 3.8) is 0 Å². The first kappa shape index (κ1) is 53.8. The quantitative estimate of drug-likeness (QED) is 0.158. The Bertz CT molecular complexity index is 2830. The van der Waals surface area contributed by atoms with Gasteiger partial charge in [0.25, 0.3) is 11.8 Å². The fourth-order valence-electron chi connectivity index (χ4n) is 9.76. The van der Waals surface area contributed by atoms with Crippen molar-refractivity contribution >= 4 is 81.3 Å². The molecule has 400 valence electrons. The van der Waals surface area contributed by atoms with Crippen LogP contribution in [-0.4, -0.2) is 187 Å². The van der Waals surface area contributed by atoms with Crippen LogP contribution in [0.25, 0.3) is 22.1 Å². The number of fused-ring (bicyclic) bond motifs is 6. The summed E-state index contributed by atoms with van der Waals surface area (Å²) in [4.78, 5) is 165. The molecule has 24 heteroatoms. The van der Waals surface area contributed by atoms with E-state index in [1.54, 1.807) is 60.7 Å². The molecule has 2 bridgehead atoms. The van der Waals surface area contributed by atoms with Crippen LogP contribution in [0.2, 0.25) is 0 Å². The van der Waals surface area contributed by atoms with Gasteiger partial charge in [0, 0.05) is 28.2 Å². The number of carbonyl (C=O) groups is 10. The van der Waals surface area contributed by atoms with Crippen molar-refractivity contribution in [3.8, 4) is 0 Å². The molecule has 0 saturated heterocycles. The molecule has 76 heavy (non-hydrogen) atoms. The molecule has 2 aliphatic heterocycles. The van der Waals surface area contributed by atoms with Crippen molar-refractivity contribution in [1.82, 2.24) is 60.8 Å². The number of rotatable bonds is 4. The molecule has 4 N–H and O–H groups in total. The number of esters is 2. The molecule has 2 aromatic carbocycles. The SMILES string of the molecule is C[C@@H]1NC(=O)[C@H](NC(=O)c2cnc3ccccc3n2)COC(=O)C2(CCC2)N(C)C(=O)[C@@H]2C/C=C\C[C@@H](C(=O)N(C)C3(CCC3)C(=O)OC[C@@H](NC(=O)c3cnc4ccccc4n3)C(=O)N[C@@H](C)C(=O)N2C)N(C)C1=O. The summed E-state index contributed by atoms with van der Waals surface area (Å²) in [5, 5.41) is 10.3. The van der Waals surface area contributed by atoms with Crippen molar-refractivity contribution in [1.29, 1.82) is 0 Å². The normalized spacial score (nSPS) is 25.7. The molecule has 8 amide bonds. The summed E-state index contributed by atoms with van der Waals surface area (Å²) >= 11 is 0. The second kappa shape index (κ2) is 22.2. The Balaban J connectivity index is 1.15. The molecule has 2 aromatic heterocycles. The second-order valence-corrected chi connectivity index (χ2v) is 19.6. The topological polar surface area (TPSA) is 302 Å². The van der Waals surface area contributed by atoms with Crippen LogP contribution in [0.1, 0.15) is 86.2 Å². The van der Waals surface area contributed by atoms with Gasteiger partial charge in [-0.2, -0.15) is 0 Å². The lowest BCUT2D eigenvalue weighted by atomic mass is 9.75. The third kappa shape index (κ3) is 10.6. The fourth-order valence-corrected chi connectivity index (χ4v) is 9.76. The minimum Gasteiger partial charge on any atom is -0.461 e. The first-order valence-corrected chi connectivity index (χ1v) is 25.0. The lowest BCUT2D eigenvalue weighted by Crippen LogP contribution is -2.65. The molecule has 2 fully saturated rings. The first-order valence-electron chi connectivity index (χ1n) is 25.0. The van der Waals surface area contributed by atoms with E-state index < -0.39 is 120 Å². The molecular formula is C52H60N12O12. The summed E-state index contributed by atoms with van der Waals surface area (Å²) in [7, 11) is 5.46. The highest BCUT2D eigenvalue weighted by Gasteiger charge is 2.54. The van der Waals surface area contributed by atoms with Crippen LogP contribution in [0, 0.1) is 0 Å². The zero-order valence-electron chi connectivity index (χ0n) is 42.9. The number of nitrogens with one attached hydrogen (secondary N) is 4. The maximum Gasteiger partial charge on any atom is 0.332 e. The highest BCUT2D eigenvalue weighted by Crippen LogP contribution is 2.40. The average molecular weight is 1050 g/mol. The zero-order chi connectivity index (χ0) is 54.6. The van der Waals surface area contributed by atoms with Gasteiger partial charge < -0.3 is 50.3 Å². The number of amides is 8. The number of cyclic esters (lactones) is 2. The van der Waals surface area contributed by atoms with Gasteiger partial charge in [0.2, 0.25) is 35.4 Å². The number of aromatic nitrogens is 4. The van der Waals surface area contributed by atoms with Crippen molar-refractivity contribution in [3.05, 3.63) is 84.5 Å². The van der Waals surface area contributed by atoms with Gasteiger partial charge in [-0.05, 0) is 89.5 Å². The number of ether oxygens (including phenoxy) is 2. The minimum atomic E-state index is -1.63. The van der Waals surface area contributed by atoms with E-state index in [1.807, 2.05) is 0 Å². The number of hydrogen-bond donors (Lipinski definition) is 4. The standard InChI is InChI=1S/C52H60N12O12/c1-29-45(69)61(3)39-19-11-12-20-40(48(72)64(6)52(23-14-24-52)49(73)75-27-37(43(67)55-29)59-41(65)35-25-53-31-15-7-9-17-33(31)57-35)62(4)46(70)30(2)56-44(68)38(28-76-50(74)51(21-13-22-51)63(5)47(39)71)60-42(66)36-26-54-32-16-8-10-18-34(32)58-36/h7-12,15-18,25-26,29-30,37-40H,13-14,19-24,27-28H2,1-6H3,(H,55,67)(H,56,68)(H,59,65)(H,60,66)/b12-11-/t29-,30-,37+,38+,39-,40-/m0/s1. The number of likely N-dealkylation sites (N-methyl/N-ethyl adjacent to an activating group) is 4. The molecule has 4 aromatic rings. The van der Waals surface area contributed by atoms with E-state index in [0.717, 1.165) is 9.80 Å². The van der Waals surface area contributed by atoms with Crippen LogP contribution in [0.15, 0.2) is 73.1 Å². The second-order valence-electron chi connectivity index (χ2n) is 19.6. The summed E-state index contributed by atoms with van der Waals surface area (Å²) in [6.45, 7) is 1.21. The monoisotopic (exact) mass is 1040 g/mol. The van der Waals surface area contributed by atoms with E-state index >= 15 is 0 Å². The minimum absolute atomic E-state index is 0.135. The predicted molar refractivity (Wildman–Crippen MR) is 269 cm³/mol. The van der Waals surface area contributed by atoms with E-state index in [2.05, 4.69) is 41.2 Å². The Morgan fingerprint density at radius 1 is 0.553 bits per heavy atom. The van der Waals surface area contributed by atoms with Gasteiger partial charge in [0.15, 0.2) is 0 Å². The van der Waals surface area contributed by atoms with Crippen LogP contribution < -0.4 is 21.3 Å². The van der Waals surface area contributed by atoms with Gasteiger partial charge >= 0.3 is 11.9 Å². The van der Waals surface area contributed by atoms with Gasteiger partial charge in [0.1, 0.15) is 71.9 Å². The van der Waals surface area contributed by atoms with Crippen molar-refractivity contribution < 1.29 is 57.4 Å². The van der Waals surface area contributed by atoms with Crippen LogP contribution in [-0.2, 0) is 47.8 Å². The van der Waals surface area contributed by atoms with Crippen LogP contribution in [0.5, 0.6) is 0 Å². The molecule has 2 aliphatic carbocycles. The van der Waals surface area contributed by atoms with Gasteiger partial charge in [-0.15, -0.1) is 0 Å². The molecule has 0 radical (unpaired) electrons. The number of nitrogens with zero attached hydrogens (tertiary/aromatic N) is 8. The number of hydrogen-bond acceptors (Lipinski definition) is 16. The van der Waals surface area contributed by atoms with Gasteiger partial charge in [-0.1, -0.05) is 36.4 Å². The van der Waals surface area contributed by atoms with E-state index in [9.17, 15) is 47.9 Å². The summed E-state index contributed by atoms with van der Waals surface area (Å²) in [6.07, 6.45) is 6.67. The smallest absolute Gasteiger partial charge is 0.332 e. The van der Waals surface area contributed by atoms with E-state index in [4.69, 9.17) is 9.47 Å². The molecule has 6 atom stereocenters.